The molecule has 152 valence electrons. The van der Waals surface area contributed by atoms with Crippen LogP contribution in [0.15, 0.2) is 48.5 Å². The van der Waals surface area contributed by atoms with Crippen molar-refractivity contribution in [3.63, 3.8) is 0 Å². The van der Waals surface area contributed by atoms with Gasteiger partial charge in [-0.15, -0.1) is 0 Å². The number of carbonyl (C=O) groups excluding carboxylic acids is 1. The number of hydrogen-bond donors (Lipinski definition) is 1. The van der Waals surface area contributed by atoms with E-state index in [-0.39, 0.29) is 23.9 Å². The Bertz CT molecular complexity index is 912. The number of benzene rings is 2. The van der Waals surface area contributed by atoms with Gasteiger partial charge in [-0.05, 0) is 42.5 Å². The van der Waals surface area contributed by atoms with Crippen molar-refractivity contribution in [1.82, 2.24) is 5.32 Å². The molecule has 1 atom stereocenters. The Labute approximate surface area is 168 Å². The molecule has 5 nitrogen and oxygen atoms in total. The van der Waals surface area contributed by atoms with Crippen molar-refractivity contribution in [2.24, 2.45) is 0 Å². The molecular formula is C22H30N2O3S. The van der Waals surface area contributed by atoms with Gasteiger partial charge in [-0.25, -0.2) is 8.42 Å². The molecule has 0 saturated carbocycles. The van der Waals surface area contributed by atoms with Gasteiger partial charge in [0.25, 0.3) is 0 Å². The molecular weight excluding hydrogens is 372 g/mol. The molecule has 2 rings (SSSR count). The lowest BCUT2D eigenvalue weighted by Gasteiger charge is -2.25. The molecule has 0 unspecified atom stereocenters. The lowest BCUT2D eigenvalue weighted by Crippen LogP contribution is -2.41. The van der Waals surface area contributed by atoms with E-state index in [1.165, 1.54) is 0 Å². The predicted octanol–water partition coefficient (Wildman–Crippen LogP) is 3.94. The van der Waals surface area contributed by atoms with Crippen molar-refractivity contribution in [3.8, 4) is 0 Å². The van der Waals surface area contributed by atoms with E-state index >= 15 is 0 Å². The number of carbonyl (C=O) groups is 1. The molecule has 28 heavy (non-hydrogen) atoms. The molecule has 0 bridgehead atoms. The maximum Gasteiger partial charge on any atom is 0.241 e. The van der Waals surface area contributed by atoms with Crippen LogP contribution in [0.5, 0.6) is 0 Å². The highest BCUT2D eigenvalue weighted by Crippen LogP contribution is 2.26. The Morgan fingerprint density at radius 3 is 2.04 bits per heavy atom. The highest BCUT2D eigenvalue weighted by atomic mass is 32.2. The normalized spacial score (nSPS) is 13.1. The maximum atomic E-state index is 12.5. The third-order valence-corrected chi connectivity index (χ3v) is 5.80. The summed E-state index contributed by atoms with van der Waals surface area (Å²) in [5.74, 6) is -0.349. The first kappa shape index (κ1) is 22.0. The molecule has 0 aromatic heterocycles. The first-order valence-electron chi connectivity index (χ1n) is 9.32. The van der Waals surface area contributed by atoms with Crippen LogP contribution in [0.25, 0.3) is 0 Å². The van der Waals surface area contributed by atoms with Crippen molar-refractivity contribution in [2.45, 2.75) is 46.1 Å². The smallest absolute Gasteiger partial charge is 0.241 e. The first-order valence-corrected chi connectivity index (χ1v) is 11.2. The fourth-order valence-corrected chi connectivity index (χ4v) is 3.74. The van der Waals surface area contributed by atoms with E-state index in [1.54, 1.807) is 12.1 Å². The second-order valence-corrected chi connectivity index (χ2v) is 10.2. The van der Waals surface area contributed by atoms with Gasteiger partial charge < -0.3 is 5.32 Å². The molecule has 2 aromatic carbocycles. The average Bonchev–Trinajstić information content (AvgIpc) is 2.58. The molecule has 0 aliphatic rings. The predicted molar refractivity (Wildman–Crippen MR) is 115 cm³/mol. The molecule has 6 heteroatoms. The monoisotopic (exact) mass is 402 g/mol. The van der Waals surface area contributed by atoms with Gasteiger partial charge in [0.2, 0.25) is 15.9 Å². The molecule has 1 N–H and O–H groups in total. The highest BCUT2D eigenvalue weighted by Gasteiger charge is 2.23. The van der Waals surface area contributed by atoms with Gasteiger partial charge in [-0.2, -0.15) is 0 Å². The number of nitrogens with zero attached hydrogens (tertiary/aromatic N) is 1. The van der Waals surface area contributed by atoms with E-state index in [0.29, 0.717) is 5.69 Å². The summed E-state index contributed by atoms with van der Waals surface area (Å²) >= 11 is 0. The third-order valence-electron chi connectivity index (χ3n) is 4.66. The van der Waals surface area contributed by atoms with E-state index in [0.717, 1.165) is 27.3 Å². The standard InChI is InChI=1S/C22H30N2O3S/c1-16-7-9-18(10-8-16)17(2)23-21(25)15-24(28(6,26)27)20-13-11-19(12-14-20)22(3,4)5/h7-14,17H,15H2,1-6H3,(H,23,25)/t17-/m1/s1. The SMILES string of the molecule is Cc1ccc([C@@H](C)NC(=O)CN(c2ccc(C(C)(C)C)cc2)S(C)(=O)=O)cc1. The van der Waals surface area contributed by atoms with Gasteiger partial charge >= 0.3 is 0 Å². The summed E-state index contributed by atoms with van der Waals surface area (Å²) in [6.45, 7) is 9.90. The van der Waals surface area contributed by atoms with Crippen LogP contribution in [0, 0.1) is 6.92 Å². The Morgan fingerprint density at radius 2 is 1.57 bits per heavy atom. The number of rotatable bonds is 6. The molecule has 0 saturated heterocycles. The van der Waals surface area contributed by atoms with Gasteiger partial charge in [-0.3, -0.25) is 9.10 Å². The molecule has 1 amide bonds. The number of amides is 1. The first-order chi connectivity index (χ1) is 12.9. The summed E-state index contributed by atoms with van der Waals surface area (Å²) in [6, 6.07) is 15.0. The van der Waals surface area contributed by atoms with E-state index in [9.17, 15) is 13.2 Å². The molecule has 0 fully saturated rings. The second kappa shape index (κ2) is 8.35. The minimum Gasteiger partial charge on any atom is -0.348 e. The Kier molecular flexibility index (Phi) is 6.55. The van der Waals surface area contributed by atoms with Gasteiger partial charge in [0.05, 0.1) is 18.0 Å². The maximum absolute atomic E-state index is 12.5. The number of aryl methyl sites for hydroxylation is 1. The number of nitrogens with one attached hydrogen (secondary N) is 1. The lowest BCUT2D eigenvalue weighted by molar-refractivity contribution is -0.120. The topological polar surface area (TPSA) is 66.5 Å². The zero-order valence-corrected chi connectivity index (χ0v) is 18.3. The minimum atomic E-state index is -3.59. The van der Waals surface area contributed by atoms with Crippen molar-refractivity contribution in [1.29, 1.82) is 0 Å². The van der Waals surface area contributed by atoms with Crippen LogP contribution in [0.4, 0.5) is 5.69 Å². The van der Waals surface area contributed by atoms with Crippen LogP contribution in [0.2, 0.25) is 0 Å². The second-order valence-electron chi connectivity index (χ2n) is 8.27. The number of sulfonamides is 1. The van der Waals surface area contributed by atoms with Crippen molar-refractivity contribution >= 4 is 21.6 Å². The number of anilines is 1. The van der Waals surface area contributed by atoms with Gasteiger partial charge in [0.15, 0.2) is 0 Å². The van der Waals surface area contributed by atoms with Crippen LogP contribution in [0.3, 0.4) is 0 Å². The average molecular weight is 403 g/mol. The summed E-state index contributed by atoms with van der Waals surface area (Å²) < 4.78 is 25.7. The summed E-state index contributed by atoms with van der Waals surface area (Å²) in [5, 5.41) is 2.88. The quantitative estimate of drug-likeness (QED) is 0.796. The Hall–Kier alpha value is -2.34. The largest absolute Gasteiger partial charge is 0.348 e. The lowest BCUT2D eigenvalue weighted by atomic mass is 9.87. The molecule has 0 spiro atoms. The molecule has 0 aliphatic heterocycles. The van der Waals surface area contributed by atoms with E-state index in [4.69, 9.17) is 0 Å². The Balaban J connectivity index is 2.16. The van der Waals surface area contributed by atoms with Crippen molar-refractivity contribution < 1.29 is 13.2 Å². The molecule has 0 heterocycles. The summed E-state index contributed by atoms with van der Waals surface area (Å²) in [5.41, 5.74) is 3.66. The van der Waals surface area contributed by atoms with Crippen LogP contribution in [0.1, 0.15) is 50.4 Å². The number of hydrogen-bond acceptors (Lipinski definition) is 3. The van der Waals surface area contributed by atoms with Crippen LogP contribution in [-0.4, -0.2) is 27.1 Å². The minimum absolute atomic E-state index is 0.0324. The summed E-state index contributed by atoms with van der Waals surface area (Å²) in [6.07, 6.45) is 1.11. The van der Waals surface area contributed by atoms with E-state index in [1.807, 2.05) is 50.2 Å². The highest BCUT2D eigenvalue weighted by molar-refractivity contribution is 7.92. The molecule has 0 radical (unpaired) electrons. The fraction of sp³-hybridized carbons (Fsp3) is 0.409. The Morgan fingerprint density at radius 1 is 1.04 bits per heavy atom. The van der Waals surface area contributed by atoms with E-state index < -0.39 is 10.0 Å². The van der Waals surface area contributed by atoms with E-state index in [2.05, 4.69) is 26.1 Å². The van der Waals surface area contributed by atoms with Gasteiger partial charge in [-0.1, -0.05) is 62.7 Å². The van der Waals surface area contributed by atoms with Crippen LogP contribution in [-0.2, 0) is 20.2 Å². The fourth-order valence-electron chi connectivity index (χ4n) is 2.88. The van der Waals surface area contributed by atoms with Gasteiger partial charge in [0.1, 0.15) is 6.54 Å². The zero-order valence-electron chi connectivity index (χ0n) is 17.5. The van der Waals surface area contributed by atoms with Crippen LogP contribution < -0.4 is 9.62 Å². The van der Waals surface area contributed by atoms with Crippen LogP contribution >= 0.6 is 0 Å². The third kappa shape index (κ3) is 5.83. The van der Waals surface area contributed by atoms with Gasteiger partial charge in [0, 0.05) is 0 Å². The molecule has 2 aromatic rings. The zero-order chi connectivity index (χ0) is 21.1. The van der Waals surface area contributed by atoms with Crippen molar-refractivity contribution in [2.75, 3.05) is 17.1 Å². The summed E-state index contributed by atoms with van der Waals surface area (Å²) in [4.78, 5) is 12.5. The van der Waals surface area contributed by atoms with Crippen molar-refractivity contribution in [3.05, 3.63) is 65.2 Å². The molecule has 0 aliphatic carbocycles. The summed E-state index contributed by atoms with van der Waals surface area (Å²) in [7, 11) is -3.59.